The number of nitrogens with zero attached hydrogens (tertiary/aromatic N) is 1. The van der Waals surface area contributed by atoms with Gasteiger partial charge in [0.2, 0.25) is 5.91 Å². The summed E-state index contributed by atoms with van der Waals surface area (Å²) < 4.78 is 31.1. The van der Waals surface area contributed by atoms with Gasteiger partial charge in [-0.15, -0.1) is 0 Å². The van der Waals surface area contributed by atoms with Crippen molar-refractivity contribution in [3.05, 3.63) is 29.8 Å². The lowest BCUT2D eigenvalue weighted by Crippen LogP contribution is -2.50. The predicted octanol–water partition coefficient (Wildman–Crippen LogP) is 1.33. The second-order valence-corrected chi connectivity index (χ2v) is 6.80. The molecule has 1 aromatic carbocycles. The zero-order chi connectivity index (χ0) is 17.1. The van der Waals surface area contributed by atoms with E-state index in [-0.39, 0.29) is 5.69 Å². The van der Waals surface area contributed by atoms with E-state index < -0.39 is 39.7 Å². The molecule has 0 saturated heterocycles. The highest BCUT2D eigenvalue weighted by molar-refractivity contribution is 7.85. The minimum atomic E-state index is -4.56. The Morgan fingerprint density at radius 2 is 1.68 bits per heavy atom. The molecule has 0 aliphatic heterocycles. The summed E-state index contributed by atoms with van der Waals surface area (Å²) >= 11 is 0. The molecule has 1 atom stereocenters. The number of amides is 1. The predicted molar refractivity (Wildman–Crippen MR) is 81.3 cm³/mol. The molecule has 0 aliphatic carbocycles. The lowest BCUT2D eigenvalue weighted by atomic mass is 10.1. The van der Waals surface area contributed by atoms with Crippen LogP contribution in [0.5, 0.6) is 0 Å². The summed E-state index contributed by atoms with van der Waals surface area (Å²) in [5.74, 6) is -3.66. The Morgan fingerprint density at radius 1 is 1.18 bits per heavy atom. The van der Waals surface area contributed by atoms with Gasteiger partial charge in [0.1, 0.15) is 5.75 Å². The lowest BCUT2D eigenvalue weighted by molar-refractivity contribution is -0.139. The molecule has 2 N–H and O–H groups in total. The number of aliphatic carboxylic acids is 1. The van der Waals surface area contributed by atoms with Crippen molar-refractivity contribution in [3.8, 4) is 0 Å². The van der Waals surface area contributed by atoms with Crippen LogP contribution in [0.3, 0.4) is 0 Å². The maximum absolute atomic E-state index is 12.3. The van der Waals surface area contributed by atoms with Crippen LogP contribution in [0.2, 0.25) is 0 Å². The number of carboxylic acid groups (broad SMARTS) is 1. The molecule has 0 spiro atoms. The quantitative estimate of drug-likeness (QED) is 0.761. The van der Waals surface area contributed by atoms with Gasteiger partial charge in [-0.25, -0.2) is 4.79 Å². The zero-order valence-electron chi connectivity index (χ0n) is 12.6. The number of hydrogen-bond donors (Lipinski definition) is 2. The number of benzene rings is 1. The summed E-state index contributed by atoms with van der Waals surface area (Å²) in [5, 5.41) is 9.28. The van der Waals surface area contributed by atoms with E-state index in [1.165, 1.54) is 12.1 Å². The molecule has 1 aromatic rings. The normalized spacial score (nSPS) is 13.0. The molecule has 8 heteroatoms. The Hall–Kier alpha value is -1.93. The Kier molecular flexibility index (Phi) is 5.67. The Balaban J connectivity index is 3.37. The molecule has 0 saturated carbocycles. The monoisotopic (exact) mass is 329 g/mol. The van der Waals surface area contributed by atoms with Gasteiger partial charge in [-0.05, 0) is 19.1 Å². The van der Waals surface area contributed by atoms with Gasteiger partial charge in [-0.2, -0.15) is 8.42 Å². The first-order valence-corrected chi connectivity index (χ1v) is 8.21. The average molecular weight is 329 g/mol. The second kappa shape index (κ2) is 6.89. The zero-order valence-corrected chi connectivity index (χ0v) is 13.4. The van der Waals surface area contributed by atoms with E-state index in [0.717, 1.165) is 10.5 Å². The van der Waals surface area contributed by atoms with Crippen molar-refractivity contribution < 1.29 is 27.7 Å². The summed E-state index contributed by atoms with van der Waals surface area (Å²) in [4.78, 5) is 24.7. The van der Waals surface area contributed by atoms with Gasteiger partial charge in [0, 0.05) is 11.6 Å². The Bertz CT molecular complexity index is 650. The van der Waals surface area contributed by atoms with E-state index >= 15 is 0 Å². The molecule has 0 aromatic heterocycles. The van der Waals surface area contributed by atoms with Crippen LogP contribution in [-0.4, -0.2) is 41.7 Å². The first kappa shape index (κ1) is 18.1. The van der Waals surface area contributed by atoms with Crippen molar-refractivity contribution >= 4 is 27.7 Å². The third-order valence-electron chi connectivity index (χ3n) is 3.01. The highest BCUT2D eigenvalue weighted by Gasteiger charge is 2.35. The molecule has 1 amide bonds. The van der Waals surface area contributed by atoms with Crippen LogP contribution >= 0.6 is 0 Å². The van der Waals surface area contributed by atoms with Crippen LogP contribution < -0.4 is 4.90 Å². The second-order valence-electron chi connectivity index (χ2n) is 5.30. The number of carbonyl (C=O) groups is 2. The molecule has 0 bridgehead atoms. The van der Waals surface area contributed by atoms with Crippen LogP contribution in [0.1, 0.15) is 19.4 Å². The number of aryl methyl sites for hydroxylation is 1. The number of hydrogen-bond acceptors (Lipinski definition) is 4. The molecule has 7 nitrogen and oxygen atoms in total. The van der Waals surface area contributed by atoms with E-state index in [1.54, 1.807) is 26.0 Å². The minimum Gasteiger partial charge on any atom is -0.480 e. The van der Waals surface area contributed by atoms with Crippen LogP contribution in [0.4, 0.5) is 5.69 Å². The van der Waals surface area contributed by atoms with Crippen LogP contribution in [0.15, 0.2) is 24.3 Å². The van der Waals surface area contributed by atoms with Crippen molar-refractivity contribution in [2.45, 2.75) is 26.8 Å². The fraction of sp³-hybridized carbons (Fsp3) is 0.429. The van der Waals surface area contributed by atoms with Crippen molar-refractivity contribution in [3.63, 3.8) is 0 Å². The van der Waals surface area contributed by atoms with Gasteiger partial charge in [0.25, 0.3) is 10.1 Å². The van der Waals surface area contributed by atoms with Crippen molar-refractivity contribution in [1.82, 2.24) is 0 Å². The van der Waals surface area contributed by atoms with Gasteiger partial charge >= 0.3 is 5.97 Å². The molecule has 1 rings (SSSR count). The summed E-state index contributed by atoms with van der Waals surface area (Å²) in [6.45, 7) is 4.98. The van der Waals surface area contributed by atoms with Gasteiger partial charge in [-0.3, -0.25) is 14.2 Å². The van der Waals surface area contributed by atoms with Gasteiger partial charge in [0.15, 0.2) is 6.04 Å². The Labute approximate surface area is 129 Å². The first-order chi connectivity index (χ1) is 10.0. The van der Waals surface area contributed by atoms with Crippen LogP contribution in [0, 0.1) is 12.8 Å². The first-order valence-electron chi connectivity index (χ1n) is 6.60. The Morgan fingerprint density at radius 3 is 2.05 bits per heavy atom. The maximum Gasteiger partial charge on any atom is 0.327 e. The van der Waals surface area contributed by atoms with Gasteiger partial charge < -0.3 is 5.11 Å². The summed E-state index contributed by atoms with van der Waals surface area (Å²) in [7, 11) is -4.56. The standard InChI is InChI=1S/C14H19NO6S/c1-9(2)13(16)15(11-6-4-10(3)5-7-11)12(14(17)18)8-22(19,20)21/h4-7,9,12H,8H2,1-3H3,(H,17,18)(H,19,20,21)/t12-/m0/s1. The summed E-state index contributed by atoms with van der Waals surface area (Å²) in [6.07, 6.45) is 0. The number of carboxylic acids is 1. The molecule has 122 valence electrons. The molecule has 0 radical (unpaired) electrons. The lowest BCUT2D eigenvalue weighted by Gasteiger charge is -2.30. The van der Waals surface area contributed by atoms with E-state index in [2.05, 4.69) is 0 Å². The molecule has 0 heterocycles. The van der Waals surface area contributed by atoms with Gasteiger partial charge in [0.05, 0.1) is 0 Å². The largest absolute Gasteiger partial charge is 0.480 e. The fourth-order valence-electron chi connectivity index (χ4n) is 1.90. The molecular formula is C14H19NO6S. The highest BCUT2D eigenvalue weighted by Crippen LogP contribution is 2.21. The van der Waals surface area contributed by atoms with Crippen LogP contribution in [-0.2, 0) is 19.7 Å². The van der Waals surface area contributed by atoms with Crippen LogP contribution in [0.25, 0.3) is 0 Å². The van der Waals surface area contributed by atoms with Gasteiger partial charge in [-0.1, -0.05) is 31.5 Å². The smallest absolute Gasteiger partial charge is 0.327 e. The number of carbonyl (C=O) groups excluding carboxylic acids is 1. The molecular weight excluding hydrogens is 310 g/mol. The average Bonchev–Trinajstić information content (AvgIpc) is 2.38. The van der Waals surface area contributed by atoms with Crippen molar-refractivity contribution in [1.29, 1.82) is 0 Å². The SMILES string of the molecule is Cc1ccc(N(C(=O)C(C)C)[C@@H](CS(=O)(=O)O)C(=O)O)cc1. The summed E-state index contributed by atoms with van der Waals surface area (Å²) in [5.41, 5.74) is 1.17. The maximum atomic E-state index is 12.3. The third-order valence-corrected chi connectivity index (χ3v) is 3.75. The highest BCUT2D eigenvalue weighted by atomic mass is 32.2. The molecule has 22 heavy (non-hydrogen) atoms. The number of anilines is 1. The van der Waals surface area contributed by atoms with Crippen molar-refractivity contribution in [2.24, 2.45) is 5.92 Å². The van der Waals surface area contributed by atoms with E-state index in [0.29, 0.717) is 0 Å². The molecule has 0 aliphatic rings. The summed E-state index contributed by atoms with van der Waals surface area (Å²) in [6, 6.07) is 4.74. The fourth-order valence-corrected chi connectivity index (χ4v) is 2.59. The number of rotatable bonds is 6. The molecule has 0 unspecified atom stereocenters. The van der Waals surface area contributed by atoms with E-state index in [4.69, 9.17) is 4.55 Å². The van der Waals surface area contributed by atoms with E-state index in [1.807, 2.05) is 6.92 Å². The third kappa shape index (κ3) is 4.81. The van der Waals surface area contributed by atoms with Crippen molar-refractivity contribution in [2.75, 3.05) is 10.7 Å². The minimum absolute atomic E-state index is 0.264. The van der Waals surface area contributed by atoms with E-state index in [9.17, 15) is 23.1 Å². The molecule has 0 fully saturated rings. The topological polar surface area (TPSA) is 112 Å².